The molecule has 2 saturated heterocycles. The first-order valence-corrected chi connectivity index (χ1v) is 9.32. The molecule has 2 N–H and O–H groups in total. The van der Waals surface area contributed by atoms with Gasteiger partial charge >= 0.3 is 0 Å². The van der Waals surface area contributed by atoms with Gasteiger partial charge in [-0.25, -0.2) is 4.98 Å². The Morgan fingerprint density at radius 3 is 2.88 bits per heavy atom. The lowest BCUT2D eigenvalue weighted by molar-refractivity contribution is -0.140. The van der Waals surface area contributed by atoms with Gasteiger partial charge in [-0.2, -0.15) is 0 Å². The van der Waals surface area contributed by atoms with E-state index >= 15 is 0 Å². The second-order valence-corrected chi connectivity index (χ2v) is 7.17. The van der Waals surface area contributed by atoms with E-state index in [0.717, 1.165) is 23.7 Å². The highest BCUT2D eigenvalue weighted by atomic mass is 16.2. The zero-order valence-corrected chi connectivity index (χ0v) is 14.8. The van der Waals surface area contributed by atoms with Crippen molar-refractivity contribution in [3.05, 3.63) is 42.1 Å². The predicted octanol–water partition coefficient (Wildman–Crippen LogP) is 1.65. The standard InChI is InChI=1S/C20H24N4O2/c21-10-12-24-18-9-11-23(13-15(18)6-8-19(24)25)20(26)17-7-5-14-3-1-2-4-16(14)22-17/h1-5,7,15,18H,6,8-13,21H2/t15-,18+/m0/s1. The molecule has 1 aromatic carbocycles. The maximum Gasteiger partial charge on any atom is 0.272 e. The summed E-state index contributed by atoms with van der Waals surface area (Å²) in [5.41, 5.74) is 7.01. The van der Waals surface area contributed by atoms with E-state index in [0.29, 0.717) is 44.2 Å². The topological polar surface area (TPSA) is 79.5 Å². The molecular weight excluding hydrogens is 328 g/mol. The molecule has 2 aromatic rings. The third kappa shape index (κ3) is 3.05. The Bertz CT molecular complexity index is 837. The van der Waals surface area contributed by atoms with Crippen LogP contribution in [0.15, 0.2) is 36.4 Å². The van der Waals surface area contributed by atoms with Crippen LogP contribution in [0.4, 0.5) is 0 Å². The number of aromatic nitrogens is 1. The number of hydrogen-bond acceptors (Lipinski definition) is 4. The number of nitrogens with two attached hydrogens (primary N) is 1. The molecular formula is C20H24N4O2. The second kappa shape index (κ2) is 7.03. The molecule has 2 atom stereocenters. The molecule has 0 aliphatic carbocycles. The van der Waals surface area contributed by atoms with Crippen molar-refractivity contribution in [2.45, 2.75) is 25.3 Å². The quantitative estimate of drug-likeness (QED) is 0.911. The monoisotopic (exact) mass is 352 g/mol. The lowest BCUT2D eigenvalue weighted by atomic mass is 9.83. The van der Waals surface area contributed by atoms with Gasteiger partial charge in [-0.3, -0.25) is 9.59 Å². The Morgan fingerprint density at radius 1 is 1.19 bits per heavy atom. The average molecular weight is 352 g/mol. The van der Waals surface area contributed by atoms with E-state index < -0.39 is 0 Å². The summed E-state index contributed by atoms with van der Waals surface area (Å²) in [7, 11) is 0. The fourth-order valence-electron chi connectivity index (χ4n) is 4.31. The van der Waals surface area contributed by atoms with Crippen molar-refractivity contribution in [2.75, 3.05) is 26.2 Å². The van der Waals surface area contributed by atoms with Crippen molar-refractivity contribution < 1.29 is 9.59 Å². The molecule has 2 aliphatic rings. The number of pyridine rings is 1. The number of piperidine rings is 2. The zero-order chi connectivity index (χ0) is 18.1. The number of carbonyl (C=O) groups is 2. The molecule has 0 unspecified atom stereocenters. The van der Waals surface area contributed by atoms with Crippen LogP contribution in [0.3, 0.4) is 0 Å². The molecule has 0 saturated carbocycles. The number of nitrogens with zero attached hydrogens (tertiary/aromatic N) is 3. The van der Waals surface area contributed by atoms with E-state index in [2.05, 4.69) is 4.98 Å². The van der Waals surface area contributed by atoms with Crippen LogP contribution in [0.5, 0.6) is 0 Å². The predicted molar refractivity (Wildman–Crippen MR) is 99.5 cm³/mol. The minimum Gasteiger partial charge on any atom is -0.338 e. The fraction of sp³-hybridized carbons (Fsp3) is 0.450. The van der Waals surface area contributed by atoms with Crippen molar-refractivity contribution >= 4 is 22.7 Å². The summed E-state index contributed by atoms with van der Waals surface area (Å²) in [6.45, 7) is 2.44. The van der Waals surface area contributed by atoms with Gasteiger partial charge in [-0.1, -0.05) is 24.3 Å². The van der Waals surface area contributed by atoms with Gasteiger partial charge in [0, 0.05) is 44.0 Å². The molecule has 3 heterocycles. The van der Waals surface area contributed by atoms with Gasteiger partial charge in [0.1, 0.15) is 5.69 Å². The van der Waals surface area contributed by atoms with Gasteiger partial charge in [0.05, 0.1) is 5.52 Å². The molecule has 0 spiro atoms. The molecule has 2 amide bonds. The van der Waals surface area contributed by atoms with Gasteiger partial charge in [0.15, 0.2) is 0 Å². The molecule has 6 heteroatoms. The second-order valence-electron chi connectivity index (χ2n) is 7.17. The minimum absolute atomic E-state index is 0.0172. The lowest BCUT2D eigenvalue weighted by Gasteiger charge is -2.47. The fourth-order valence-corrected chi connectivity index (χ4v) is 4.31. The highest BCUT2D eigenvalue weighted by molar-refractivity contribution is 5.95. The first kappa shape index (κ1) is 17.0. The van der Waals surface area contributed by atoms with E-state index in [1.54, 1.807) is 0 Å². The van der Waals surface area contributed by atoms with Crippen LogP contribution in [0.25, 0.3) is 10.9 Å². The number of likely N-dealkylation sites (tertiary alicyclic amines) is 2. The smallest absolute Gasteiger partial charge is 0.272 e. The van der Waals surface area contributed by atoms with E-state index in [1.807, 2.05) is 46.2 Å². The molecule has 2 aliphatic heterocycles. The van der Waals surface area contributed by atoms with Crippen molar-refractivity contribution in [1.29, 1.82) is 0 Å². The van der Waals surface area contributed by atoms with Crippen LogP contribution in [0, 0.1) is 5.92 Å². The zero-order valence-electron chi connectivity index (χ0n) is 14.8. The van der Waals surface area contributed by atoms with Gasteiger partial charge < -0.3 is 15.5 Å². The summed E-state index contributed by atoms with van der Waals surface area (Å²) in [6, 6.07) is 11.8. The van der Waals surface area contributed by atoms with E-state index in [4.69, 9.17) is 5.73 Å². The summed E-state index contributed by atoms with van der Waals surface area (Å²) in [6.07, 6.45) is 2.21. The van der Waals surface area contributed by atoms with Crippen LogP contribution in [-0.2, 0) is 4.79 Å². The number of hydrogen-bond donors (Lipinski definition) is 1. The normalized spacial score (nSPS) is 23.2. The number of fused-ring (bicyclic) bond motifs is 2. The highest BCUT2D eigenvalue weighted by Crippen LogP contribution is 2.31. The number of benzene rings is 1. The summed E-state index contributed by atoms with van der Waals surface area (Å²) >= 11 is 0. The average Bonchev–Trinajstić information content (AvgIpc) is 2.69. The minimum atomic E-state index is -0.0172. The van der Waals surface area contributed by atoms with Crippen molar-refractivity contribution in [3.63, 3.8) is 0 Å². The summed E-state index contributed by atoms with van der Waals surface area (Å²) in [5.74, 6) is 0.515. The van der Waals surface area contributed by atoms with Gasteiger partial charge in [0.2, 0.25) is 5.91 Å². The van der Waals surface area contributed by atoms with Crippen LogP contribution in [0.2, 0.25) is 0 Å². The van der Waals surface area contributed by atoms with Gasteiger partial charge in [-0.15, -0.1) is 0 Å². The molecule has 2 fully saturated rings. The van der Waals surface area contributed by atoms with Crippen molar-refractivity contribution in [2.24, 2.45) is 11.7 Å². The summed E-state index contributed by atoms with van der Waals surface area (Å²) in [5, 5.41) is 1.03. The Labute approximate surface area is 153 Å². The van der Waals surface area contributed by atoms with Gasteiger partial charge in [-0.05, 0) is 30.9 Å². The Balaban J connectivity index is 1.50. The maximum absolute atomic E-state index is 13.0. The number of rotatable bonds is 3. The van der Waals surface area contributed by atoms with E-state index in [9.17, 15) is 9.59 Å². The number of carbonyl (C=O) groups excluding carboxylic acids is 2. The third-order valence-electron chi connectivity index (χ3n) is 5.62. The number of amides is 2. The molecule has 136 valence electrons. The molecule has 26 heavy (non-hydrogen) atoms. The van der Waals surface area contributed by atoms with E-state index in [-0.39, 0.29) is 17.9 Å². The van der Waals surface area contributed by atoms with Crippen LogP contribution in [0.1, 0.15) is 29.8 Å². The maximum atomic E-state index is 13.0. The van der Waals surface area contributed by atoms with Crippen LogP contribution in [-0.4, -0.2) is 58.8 Å². The molecule has 6 nitrogen and oxygen atoms in total. The third-order valence-corrected chi connectivity index (χ3v) is 5.62. The molecule has 1 aromatic heterocycles. The molecule has 0 bridgehead atoms. The first-order chi connectivity index (χ1) is 12.7. The Morgan fingerprint density at radius 2 is 2.04 bits per heavy atom. The SMILES string of the molecule is NCCN1C(=O)CC[C@H]2CN(C(=O)c3ccc4ccccc4n3)CC[C@H]21. The highest BCUT2D eigenvalue weighted by Gasteiger charge is 2.40. The lowest BCUT2D eigenvalue weighted by Crippen LogP contribution is -2.57. The van der Waals surface area contributed by atoms with Crippen LogP contribution >= 0.6 is 0 Å². The Kier molecular flexibility index (Phi) is 4.59. The summed E-state index contributed by atoms with van der Waals surface area (Å²) in [4.78, 5) is 33.5. The Hall–Kier alpha value is -2.47. The summed E-state index contributed by atoms with van der Waals surface area (Å²) < 4.78 is 0. The van der Waals surface area contributed by atoms with Crippen molar-refractivity contribution in [1.82, 2.24) is 14.8 Å². The molecule has 0 radical (unpaired) electrons. The van der Waals surface area contributed by atoms with E-state index in [1.165, 1.54) is 0 Å². The molecule has 4 rings (SSSR count). The first-order valence-electron chi connectivity index (χ1n) is 9.32. The van der Waals surface area contributed by atoms with Gasteiger partial charge in [0.25, 0.3) is 5.91 Å². The van der Waals surface area contributed by atoms with Crippen LogP contribution < -0.4 is 5.73 Å². The largest absolute Gasteiger partial charge is 0.338 e. The van der Waals surface area contributed by atoms with Crippen molar-refractivity contribution in [3.8, 4) is 0 Å². The number of para-hydroxylation sites is 1.